The van der Waals surface area contributed by atoms with Gasteiger partial charge in [0.15, 0.2) is 0 Å². The van der Waals surface area contributed by atoms with E-state index in [0.29, 0.717) is 12.5 Å². The molecule has 2 rings (SSSR count). The van der Waals surface area contributed by atoms with E-state index in [-0.39, 0.29) is 6.04 Å². The molecule has 1 aromatic rings. The highest BCUT2D eigenvalue weighted by Gasteiger charge is 2.21. The van der Waals surface area contributed by atoms with Gasteiger partial charge >= 0.3 is 0 Å². The fourth-order valence-corrected chi connectivity index (χ4v) is 3.32. The van der Waals surface area contributed by atoms with Gasteiger partial charge in [-0.2, -0.15) is 11.8 Å². The quantitative estimate of drug-likeness (QED) is 0.893. The lowest BCUT2D eigenvalue weighted by Crippen LogP contribution is -2.37. The highest BCUT2D eigenvalue weighted by atomic mass is 32.2. The Morgan fingerprint density at radius 2 is 2.18 bits per heavy atom. The minimum absolute atomic E-state index is 0.177. The number of hydrogen-bond acceptors (Lipinski definition) is 3. The average Bonchev–Trinajstić information content (AvgIpc) is 2.37. The smallest absolute Gasteiger partial charge is 0.119 e. The third kappa shape index (κ3) is 3.93. The van der Waals surface area contributed by atoms with Crippen LogP contribution < -0.4 is 10.5 Å². The second-order valence-electron chi connectivity index (χ2n) is 4.74. The van der Waals surface area contributed by atoms with Gasteiger partial charge in [0.05, 0.1) is 0 Å². The van der Waals surface area contributed by atoms with Gasteiger partial charge < -0.3 is 10.5 Å². The molecule has 1 aliphatic heterocycles. The van der Waals surface area contributed by atoms with Gasteiger partial charge in [0, 0.05) is 6.04 Å². The molecular formula is C14H21NOS. The zero-order valence-corrected chi connectivity index (χ0v) is 11.2. The summed E-state index contributed by atoms with van der Waals surface area (Å²) in [5, 5.41) is 0. The van der Waals surface area contributed by atoms with Gasteiger partial charge in [0.25, 0.3) is 0 Å². The third-order valence-corrected chi connectivity index (χ3v) is 4.35. The largest absolute Gasteiger partial charge is 0.492 e. The summed E-state index contributed by atoms with van der Waals surface area (Å²) in [6.07, 6.45) is 2.48. The summed E-state index contributed by atoms with van der Waals surface area (Å²) < 4.78 is 5.77. The Morgan fingerprint density at radius 1 is 1.41 bits per heavy atom. The first kappa shape index (κ1) is 12.8. The van der Waals surface area contributed by atoms with E-state index in [2.05, 4.69) is 19.1 Å². The average molecular weight is 251 g/mol. The van der Waals surface area contributed by atoms with Crippen molar-refractivity contribution < 1.29 is 4.74 Å². The van der Waals surface area contributed by atoms with Crippen LogP contribution in [-0.4, -0.2) is 24.2 Å². The van der Waals surface area contributed by atoms with E-state index >= 15 is 0 Å². The molecule has 0 aromatic heterocycles. The van der Waals surface area contributed by atoms with E-state index in [9.17, 15) is 0 Å². The van der Waals surface area contributed by atoms with E-state index in [4.69, 9.17) is 10.5 Å². The van der Waals surface area contributed by atoms with Gasteiger partial charge in [0.1, 0.15) is 12.4 Å². The van der Waals surface area contributed by atoms with E-state index < -0.39 is 0 Å². The minimum atomic E-state index is 0.177. The molecule has 0 amide bonds. The molecule has 0 aliphatic carbocycles. The molecule has 1 atom stereocenters. The molecule has 94 valence electrons. The molecule has 1 saturated heterocycles. The topological polar surface area (TPSA) is 35.2 Å². The van der Waals surface area contributed by atoms with Crippen molar-refractivity contribution in [3.8, 4) is 5.75 Å². The molecule has 0 bridgehead atoms. The Labute approximate surface area is 108 Å². The van der Waals surface area contributed by atoms with Gasteiger partial charge in [-0.05, 0) is 54.9 Å². The number of rotatable bonds is 4. The summed E-state index contributed by atoms with van der Waals surface area (Å²) in [7, 11) is 0. The van der Waals surface area contributed by atoms with Gasteiger partial charge in [0.2, 0.25) is 0 Å². The maximum absolute atomic E-state index is 6.20. The zero-order valence-electron chi connectivity index (χ0n) is 10.4. The van der Waals surface area contributed by atoms with Crippen LogP contribution in [-0.2, 0) is 0 Å². The fraction of sp³-hybridized carbons (Fsp3) is 0.571. The Hall–Kier alpha value is -0.670. The van der Waals surface area contributed by atoms with E-state index in [1.807, 2.05) is 23.9 Å². The summed E-state index contributed by atoms with van der Waals surface area (Å²) in [5.41, 5.74) is 7.43. The van der Waals surface area contributed by atoms with Crippen molar-refractivity contribution in [2.24, 2.45) is 11.7 Å². The van der Waals surface area contributed by atoms with Crippen LogP contribution in [0.5, 0.6) is 5.75 Å². The number of ether oxygens (including phenoxy) is 1. The van der Waals surface area contributed by atoms with Crippen LogP contribution in [0.1, 0.15) is 18.4 Å². The normalized spacial score (nSPS) is 18.9. The highest BCUT2D eigenvalue weighted by molar-refractivity contribution is 7.99. The lowest BCUT2D eigenvalue weighted by atomic mass is 9.95. The molecule has 0 spiro atoms. The molecule has 1 heterocycles. The van der Waals surface area contributed by atoms with Crippen molar-refractivity contribution in [1.82, 2.24) is 0 Å². The van der Waals surface area contributed by atoms with Crippen LogP contribution in [0.15, 0.2) is 24.3 Å². The first-order chi connectivity index (χ1) is 8.25. The first-order valence-electron chi connectivity index (χ1n) is 6.28. The van der Waals surface area contributed by atoms with Crippen LogP contribution in [0.4, 0.5) is 0 Å². The highest BCUT2D eigenvalue weighted by Crippen LogP contribution is 2.25. The molecule has 0 saturated carbocycles. The van der Waals surface area contributed by atoms with Crippen LogP contribution in [0.25, 0.3) is 0 Å². The van der Waals surface area contributed by atoms with Gasteiger partial charge in [-0.1, -0.05) is 12.1 Å². The number of hydrogen-bond donors (Lipinski definition) is 1. The summed E-state index contributed by atoms with van der Waals surface area (Å²) in [6, 6.07) is 8.33. The zero-order chi connectivity index (χ0) is 12.1. The number of nitrogens with two attached hydrogens (primary N) is 1. The van der Waals surface area contributed by atoms with Crippen molar-refractivity contribution in [3.63, 3.8) is 0 Å². The maximum atomic E-state index is 6.20. The summed E-state index contributed by atoms with van der Waals surface area (Å²) in [6.45, 7) is 2.71. The van der Waals surface area contributed by atoms with Crippen LogP contribution in [0, 0.1) is 12.8 Å². The Morgan fingerprint density at radius 3 is 2.88 bits per heavy atom. The second-order valence-corrected chi connectivity index (χ2v) is 5.97. The Kier molecular flexibility index (Phi) is 4.75. The minimum Gasteiger partial charge on any atom is -0.492 e. The summed E-state index contributed by atoms with van der Waals surface area (Å²) >= 11 is 2.04. The lowest BCUT2D eigenvalue weighted by Gasteiger charge is -2.27. The molecule has 2 nitrogen and oxygen atoms in total. The Balaban J connectivity index is 1.80. The number of benzene rings is 1. The number of thioether (sulfide) groups is 1. The lowest BCUT2D eigenvalue weighted by molar-refractivity contribution is 0.238. The molecule has 1 aromatic carbocycles. The monoisotopic (exact) mass is 251 g/mol. The van der Waals surface area contributed by atoms with E-state index in [1.54, 1.807) is 0 Å². The predicted molar refractivity (Wildman–Crippen MR) is 74.7 cm³/mol. The maximum Gasteiger partial charge on any atom is 0.119 e. The summed E-state index contributed by atoms with van der Waals surface area (Å²) in [4.78, 5) is 0. The van der Waals surface area contributed by atoms with Crippen molar-refractivity contribution in [2.75, 3.05) is 18.1 Å². The van der Waals surface area contributed by atoms with Gasteiger partial charge in [-0.25, -0.2) is 0 Å². The molecule has 1 aliphatic rings. The molecular weight excluding hydrogens is 230 g/mol. The SMILES string of the molecule is Cc1cccc(OCC(N)C2CCSCC2)c1. The van der Waals surface area contributed by atoms with Crippen LogP contribution in [0.2, 0.25) is 0 Å². The van der Waals surface area contributed by atoms with Crippen molar-refractivity contribution in [3.05, 3.63) is 29.8 Å². The molecule has 3 heteroatoms. The Bertz CT molecular complexity index is 350. The fourth-order valence-electron chi connectivity index (χ4n) is 2.18. The first-order valence-corrected chi connectivity index (χ1v) is 7.44. The van der Waals surface area contributed by atoms with Crippen LogP contribution >= 0.6 is 11.8 Å². The summed E-state index contributed by atoms with van der Waals surface area (Å²) in [5.74, 6) is 4.08. The van der Waals surface area contributed by atoms with E-state index in [0.717, 1.165) is 5.75 Å². The van der Waals surface area contributed by atoms with Crippen molar-refractivity contribution >= 4 is 11.8 Å². The second kappa shape index (κ2) is 6.31. The third-order valence-electron chi connectivity index (χ3n) is 3.30. The standard InChI is InChI=1S/C14H21NOS/c1-11-3-2-4-13(9-11)16-10-14(15)12-5-7-17-8-6-12/h2-4,9,12,14H,5-8,10,15H2,1H3. The van der Waals surface area contributed by atoms with Gasteiger partial charge in [-0.3, -0.25) is 0 Å². The predicted octanol–water partition coefficient (Wildman–Crippen LogP) is 2.84. The van der Waals surface area contributed by atoms with Gasteiger partial charge in [-0.15, -0.1) is 0 Å². The van der Waals surface area contributed by atoms with Crippen molar-refractivity contribution in [1.29, 1.82) is 0 Å². The molecule has 1 fully saturated rings. The number of aryl methyl sites for hydroxylation is 1. The molecule has 0 radical (unpaired) electrons. The molecule has 1 unspecified atom stereocenters. The van der Waals surface area contributed by atoms with Crippen LogP contribution in [0.3, 0.4) is 0 Å². The van der Waals surface area contributed by atoms with Crippen molar-refractivity contribution in [2.45, 2.75) is 25.8 Å². The van der Waals surface area contributed by atoms with E-state index in [1.165, 1.54) is 29.9 Å². The molecule has 17 heavy (non-hydrogen) atoms. The molecule has 2 N–H and O–H groups in total.